The van der Waals surface area contributed by atoms with Crippen molar-refractivity contribution in [3.8, 4) is 5.75 Å². The monoisotopic (exact) mass is 531 g/mol. The summed E-state index contributed by atoms with van der Waals surface area (Å²) < 4.78 is 48.9. The summed E-state index contributed by atoms with van der Waals surface area (Å²) in [4.78, 5) is 32.8. The second kappa shape index (κ2) is 10.6. The van der Waals surface area contributed by atoms with Gasteiger partial charge in [-0.25, -0.2) is 13.2 Å². The quantitative estimate of drug-likeness (QED) is 0.402. The Morgan fingerprint density at radius 1 is 1.21 bits per heavy atom. The number of benzene rings is 1. The Balaban J connectivity index is 1.47. The van der Waals surface area contributed by atoms with E-state index in [-0.39, 0.29) is 29.7 Å². The summed E-state index contributed by atoms with van der Waals surface area (Å²) in [5.41, 5.74) is -0.388. The van der Waals surface area contributed by atoms with E-state index in [9.17, 15) is 27.9 Å². The minimum absolute atomic E-state index is 0.00634. The van der Waals surface area contributed by atoms with Crippen molar-refractivity contribution in [3.05, 3.63) is 63.3 Å². The van der Waals surface area contributed by atoms with E-state index in [0.29, 0.717) is 30.8 Å². The molecule has 0 unspecified atom stereocenters. The molecule has 0 aliphatic carbocycles. The van der Waals surface area contributed by atoms with Gasteiger partial charge in [-0.1, -0.05) is 12.1 Å². The molecule has 1 amide bonds. The van der Waals surface area contributed by atoms with Crippen molar-refractivity contribution >= 4 is 22.6 Å². The fourth-order valence-corrected chi connectivity index (χ4v) is 4.86. The summed E-state index contributed by atoms with van der Waals surface area (Å²) in [5, 5.41) is 16.3. The molecule has 0 radical (unpaired) electrons. The maximum absolute atomic E-state index is 14.7. The lowest BCUT2D eigenvalue weighted by atomic mass is 10.0. The van der Waals surface area contributed by atoms with Crippen LogP contribution in [-0.2, 0) is 17.7 Å². The number of morpholine rings is 1. The fourth-order valence-electron chi connectivity index (χ4n) is 4.86. The van der Waals surface area contributed by atoms with Crippen LogP contribution in [0.1, 0.15) is 27.9 Å². The second-order valence-corrected chi connectivity index (χ2v) is 9.55. The SMILES string of the molecule is O=C(NCCCN1CCOCC1)c1c(O)c2ncc(Cc3ccc(F)cc3)c3c2n(c1=O)CC(F)(F)CN3. The zero-order chi connectivity index (χ0) is 26.9. The van der Waals surface area contributed by atoms with Crippen LogP contribution in [0.25, 0.3) is 11.0 Å². The van der Waals surface area contributed by atoms with Gasteiger partial charge in [0, 0.05) is 37.8 Å². The highest BCUT2D eigenvalue weighted by molar-refractivity contribution is 6.04. The van der Waals surface area contributed by atoms with Crippen molar-refractivity contribution in [3.63, 3.8) is 0 Å². The average molecular weight is 532 g/mol. The van der Waals surface area contributed by atoms with Crippen LogP contribution in [0.3, 0.4) is 0 Å². The van der Waals surface area contributed by atoms with Gasteiger partial charge in [-0.15, -0.1) is 0 Å². The number of nitrogens with one attached hydrogen (secondary N) is 2. The number of nitrogens with zero attached hydrogens (tertiary/aromatic N) is 3. The number of carbonyl (C=O) groups excluding carboxylic acids is 1. The first-order valence-corrected chi connectivity index (χ1v) is 12.5. The summed E-state index contributed by atoms with van der Waals surface area (Å²) in [5.74, 6) is -5.23. The number of aromatic hydroxyl groups is 1. The molecule has 2 aliphatic rings. The van der Waals surface area contributed by atoms with E-state index in [1.807, 2.05) is 0 Å². The number of ether oxygens (including phenoxy) is 1. The molecule has 1 fully saturated rings. The van der Waals surface area contributed by atoms with Crippen LogP contribution < -0.4 is 16.2 Å². The van der Waals surface area contributed by atoms with Gasteiger partial charge in [-0.2, -0.15) is 0 Å². The van der Waals surface area contributed by atoms with Crippen molar-refractivity contribution < 1.29 is 27.8 Å². The summed E-state index contributed by atoms with van der Waals surface area (Å²) >= 11 is 0. The van der Waals surface area contributed by atoms with Gasteiger partial charge in [0.15, 0.2) is 5.75 Å². The lowest BCUT2D eigenvalue weighted by molar-refractivity contribution is -0.000937. The molecule has 5 rings (SSSR count). The number of hydrogen-bond donors (Lipinski definition) is 3. The summed E-state index contributed by atoms with van der Waals surface area (Å²) in [6.07, 6.45) is 2.22. The molecule has 1 saturated heterocycles. The van der Waals surface area contributed by atoms with Gasteiger partial charge in [0.2, 0.25) is 0 Å². The van der Waals surface area contributed by atoms with Crippen LogP contribution in [0.15, 0.2) is 35.3 Å². The third-order valence-corrected chi connectivity index (χ3v) is 6.81. The topological polar surface area (TPSA) is 109 Å². The van der Waals surface area contributed by atoms with Crippen molar-refractivity contribution in [2.75, 3.05) is 51.3 Å². The van der Waals surface area contributed by atoms with Gasteiger partial charge in [-0.05, 0) is 30.7 Å². The van der Waals surface area contributed by atoms with Crippen LogP contribution in [0.5, 0.6) is 5.75 Å². The Kier molecular flexibility index (Phi) is 7.26. The van der Waals surface area contributed by atoms with E-state index in [1.54, 1.807) is 12.1 Å². The van der Waals surface area contributed by atoms with Crippen LogP contribution in [0.2, 0.25) is 0 Å². The summed E-state index contributed by atoms with van der Waals surface area (Å²) in [6, 6.07) is 5.71. The van der Waals surface area contributed by atoms with Crippen LogP contribution in [0.4, 0.5) is 18.9 Å². The number of amides is 1. The zero-order valence-corrected chi connectivity index (χ0v) is 20.6. The molecule has 202 valence electrons. The number of rotatable bonds is 7. The second-order valence-electron chi connectivity index (χ2n) is 9.55. The maximum atomic E-state index is 14.7. The van der Waals surface area contributed by atoms with Crippen molar-refractivity contribution in [2.45, 2.75) is 25.3 Å². The molecular weight excluding hydrogens is 503 g/mol. The molecule has 12 heteroatoms. The van der Waals surface area contributed by atoms with Crippen molar-refractivity contribution in [1.29, 1.82) is 0 Å². The molecule has 1 aromatic carbocycles. The maximum Gasteiger partial charge on any atom is 0.282 e. The number of pyridine rings is 2. The van der Waals surface area contributed by atoms with Gasteiger partial charge >= 0.3 is 0 Å². The van der Waals surface area contributed by atoms with Gasteiger partial charge in [0.25, 0.3) is 17.4 Å². The average Bonchev–Trinajstić information content (AvgIpc) is 3.04. The molecule has 4 heterocycles. The van der Waals surface area contributed by atoms with E-state index < -0.39 is 47.6 Å². The van der Waals surface area contributed by atoms with E-state index in [4.69, 9.17) is 4.74 Å². The first-order chi connectivity index (χ1) is 18.2. The number of alkyl halides is 2. The molecule has 38 heavy (non-hydrogen) atoms. The largest absolute Gasteiger partial charge is 0.505 e. The first-order valence-electron chi connectivity index (χ1n) is 12.5. The Bertz CT molecular complexity index is 1400. The lowest BCUT2D eigenvalue weighted by Gasteiger charge is -2.26. The Labute approximate surface area is 216 Å². The predicted molar refractivity (Wildman–Crippen MR) is 135 cm³/mol. The summed E-state index contributed by atoms with van der Waals surface area (Å²) in [7, 11) is 0. The first kappa shape index (κ1) is 26.0. The molecule has 3 aromatic rings. The molecule has 0 bridgehead atoms. The number of carbonyl (C=O) groups is 1. The third kappa shape index (κ3) is 5.32. The number of anilines is 1. The molecule has 0 saturated carbocycles. The zero-order valence-electron chi connectivity index (χ0n) is 20.6. The van der Waals surface area contributed by atoms with Gasteiger partial charge in [0.05, 0.1) is 37.5 Å². The number of halogens is 3. The molecular formula is C26H28F3N5O4. The van der Waals surface area contributed by atoms with Crippen LogP contribution >= 0.6 is 0 Å². The molecule has 0 spiro atoms. The normalized spacial score (nSPS) is 17.1. The van der Waals surface area contributed by atoms with Gasteiger partial charge in [0.1, 0.15) is 16.9 Å². The van der Waals surface area contributed by atoms with Crippen molar-refractivity contribution in [1.82, 2.24) is 19.8 Å². The molecule has 3 N–H and O–H groups in total. The van der Waals surface area contributed by atoms with E-state index in [0.717, 1.165) is 24.2 Å². The molecule has 2 aliphatic heterocycles. The molecule has 2 aromatic heterocycles. The highest BCUT2D eigenvalue weighted by atomic mass is 19.3. The van der Waals surface area contributed by atoms with E-state index >= 15 is 0 Å². The van der Waals surface area contributed by atoms with Crippen LogP contribution in [-0.4, -0.2) is 77.3 Å². The third-order valence-electron chi connectivity index (χ3n) is 6.81. The van der Waals surface area contributed by atoms with Gasteiger partial charge < -0.3 is 20.5 Å². The minimum atomic E-state index is -3.31. The Morgan fingerprint density at radius 3 is 2.68 bits per heavy atom. The molecule has 9 nitrogen and oxygen atoms in total. The van der Waals surface area contributed by atoms with E-state index in [2.05, 4.69) is 20.5 Å². The van der Waals surface area contributed by atoms with Gasteiger partial charge in [-0.3, -0.25) is 24.0 Å². The lowest BCUT2D eigenvalue weighted by Crippen LogP contribution is -2.39. The Morgan fingerprint density at radius 2 is 1.95 bits per heavy atom. The number of hydrogen-bond acceptors (Lipinski definition) is 7. The standard InChI is InChI=1S/C26H28F3N5O4/c27-18-4-2-16(3-5-18)12-17-13-31-21-22-20(17)32-14-26(28,29)15-34(22)25(37)19(23(21)35)24(36)30-6-1-7-33-8-10-38-11-9-33/h2-5,13,32,35H,1,6-12,14-15H2,(H,30,36). The summed E-state index contributed by atoms with van der Waals surface area (Å²) in [6.45, 7) is 2.10. The van der Waals surface area contributed by atoms with E-state index in [1.165, 1.54) is 18.3 Å². The van der Waals surface area contributed by atoms with Crippen molar-refractivity contribution in [2.24, 2.45) is 0 Å². The fraction of sp³-hybridized carbons (Fsp3) is 0.423. The Hall–Kier alpha value is -3.64. The minimum Gasteiger partial charge on any atom is -0.505 e. The predicted octanol–water partition coefficient (Wildman–Crippen LogP) is 2.34. The van der Waals surface area contributed by atoms with Crippen LogP contribution in [0, 0.1) is 5.82 Å². The highest BCUT2D eigenvalue weighted by Gasteiger charge is 2.37. The highest BCUT2D eigenvalue weighted by Crippen LogP contribution is 2.36. The molecule has 0 atom stereocenters. The smallest absolute Gasteiger partial charge is 0.282 e. The number of aromatic nitrogens is 2.